The van der Waals surface area contributed by atoms with Crippen molar-refractivity contribution in [1.29, 1.82) is 0 Å². The van der Waals surface area contributed by atoms with Crippen molar-refractivity contribution in [2.45, 2.75) is 32.3 Å². The Bertz CT molecular complexity index is 787. The summed E-state index contributed by atoms with van der Waals surface area (Å²) >= 11 is 0. The lowest BCUT2D eigenvalue weighted by atomic mass is 9.85. The zero-order valence-electron chi connectivity index (χ0n) is 15.9. The van der Waals surface area contributed by atoms with Crippen LogP contribution in [0, 0.1) is 11.8 Å². The average molecular weight is 385 g/mol. The topological polar surface area (TPSA) is 90.0 Å². The molecular formula is C21H23NO6. The summed E-state index contributed by atoms with van der Waals surface area (Å²) in [5.74, 6) is -1.42. The number of hydrogen-bond acceptors (Lipinski definition) is 6. The van der Waals surface area contributed by atoms with E-state index in [0.29, 0.717) is 24.2 Å². The van der Waals surface area contributed by atoms with Crippen molar-refractivity contribution in [1.82, 2.24) is 4.90 Å². The van der Waals surface area contributed by atoms with Gasteiger partial charge in [0.2, 0.25) is 17.6 Å². The minimum absolute atomic E-state index is 0.0209. The lowest BCUT2D eigenvalue weighted by Crippen LogP contribution is -2.34. The summed E-state index contributed by atoms with van der Waals surface area (Å²) < 4.78 is 10.2. The van der Waals surface area contributed by atoms with E-state index in [9.17, 15) is 19.2 Å². The minimum Gasteiger partial charge on any atom is -0.497 e. The summed E-state index contributed by atoms with van der Waals surface area (Å²) in [7, 11) is 1.53. The first-order valence-corrected chi connectivity index (χ1v) is 9.30. The maximum atomic E-state index is 12.4. The number of benzene rings is 1. The average Bonchev–Trinajstić information content (AvgIpc) is 2.96. The van der Waals surface area contributed by atoms with Crippen LogP contribution in [0.3, 0.4) is 0 Å². The molecule has 2 aliphatic rings. The quantitative estimate of drug-likeness (QED) is 0.309. The van der Waals surface area contributed by atoms with E-state index in [-0.39, 0.29) is 42.4 Å². The van der Waals surface area contributed by atoms with Crippen molar-refractivity contribution in [2.24, 2.45) is 11.8 Å². The second-order valence-corrected chi connectivity index (χ2v) is 6.96. The predicted octanol–water partition coefficient (Wildman–Crippen LogP) is 2.15. The summed E-state index contributed by atoms with van der Waals surface area (Å²) in [5.41, 5.74) is 0.405. The first-order valence-electron chi connectivity index (χ1n) is 9.30. The molecule has 3 atom stereocenters. The van der Waals surface area contributed by atoms with Crippen LogP contribution in [0.4, 0.5) is 0 Å². The zero-order valence-corrected chi connectivity index (χ0v) is 15.9. The smallest absolute Gasteiger partial charge is 0.308 e. The number of fused-ring (bicyclic) bond motifs is 1. The molecule has 3 rings (SSSR count). The summed E-state index contributed by atoms with van der Waals surface area (Å²) in [6.45, 7) is 1.48. The Hall–Kier alpha value is -2.96. The van der Waals surface area contributed by atoms with Gasteiger partial charge in [-0.25, -0.2) is 0 Å². The molecule has 0 N–H and O–H groups in total. The maximum absolute atomic E-state index is 12.4. The van der Waals surface area contributed by atoms with Gasteiger partial charge in [0.1, 0.15) is 5.75 Å². The molecule has 1 saturated heterocycles. The predicted molar refractivity (Wildman–Crippen MR) is 99.6 cm³/mol. The van der Waals surface area contributed by atoms with Crippen LogP contribution >= 0.6 is 0 Å². The number of allylic oxidation sites excluding steroid dienone is 2. The van der Waals surface area contributed by atoms with Crippen LogP contribution in [0.5, 0.6) is 5.75 Å². The second kappa shape index (κ2) is 8.37. The van der Waals surface area contributed by atoms with Gasteiger partial charge in [-0.1, -0.05) is 12.2 Å². The molecule has 1 aliphatic carbocycles. The number of hydrogen-bond donors (Lipinski definition) is 0. The molecule has 1 fully saturated rings. The van der Waals surface area contributed by atoms with Crippen molar-refractivity contribution in [3.63, 3.8) is 0 Å². The molecule has 7 heteroatoms. The highest BCUT2D eigenvalue weighted by atomic mass is 16.5. The van der Waals surface area contributed by atoms with Crippen LogP contribution in [0.1, 0.15) is 36.5 Å². The fourth-order valence-electron chi connectivity index (χ4n) is 3.59. The van der Waals surface area contributed by atoms with Crippen molar-refractivity contribution < 1.29 is 28.7 Å². The molecule has 0 bridgehead atoms. The SMILES string of the molecule is COc1ccc(C(=O)[C@H](C)OC(=O)CCN2C(=O)[C@H]3CC=CC[C@@H]3C2=O)cc1. The zero-order chi connectivity index (χ0) is 20.3. The first kappa shape index (κ1) is 19.8. The number of likely N-dealkylation sites (tertiary alicyclic amines) is 1. The Balaban J connectivity index is 1.51. The van der Waals surface area contributed by atoms with Crippen LogP contribution in [-0.4, -0.2) is 48.2 Å². The Morgan fingerprint density at radius 2 is 1.64 bits per heavy atom. The van der Waals surface area contributed by atoms with E-state index in [1.807, 2.05) is 12.2 Å². The number of imide groups is 1. The number of amides is 2. The van der Waals surface area contributed by atoms with Gasteiger partial charge in [-0.2, -0.15) is 0 Å². The number of carbonyl (C=O) groups is 4. The molecule has 28 heavy (non-hydrogen) atoms. The second-order valence-electron chi connectivity index (χ2n) is 6.96. The molecule has 1 aromatic rings. The van der Waals surface area contributed by atoms with Gasteiger partial charge in [-0.15, -0.1) is 0 Å². The van der Waals surface area contributed by atoms with E-state index in [2.05, 4.69) is 0 Å². The van der Waals surface area contributed by atoms with E-state index in [1.54, 1.807) is 24.3 Å². The molecule has 0 saturated carbocycles. The molecule has 0 aromatic heterocycles. The first-order chi connectivity index (χ1) is 13.4. The summed E-state index contributed by atoms with van der Waals surface area (Å²) in [6, 6.07) is 6.51. The fourth-order valence-corrected chi connectivity index (χ4v) is 3.59. The fraction of sp³-hybridized carbons (Fsp3) is 0.429. The van der Waals surface area contributed by atoms with E-state index in [1.165, 1.54) is 14.0 Å². The van der Waals surface area contributed by atoms with Crippen molar-refractivity contribution in [3.8, 4) is 5.75 Å². The van der Waals surface area contributed by atoms with Gasteiger partial charge in [0.25, 0.3) is 0 Å². The lowest BCUT2D eigenvalue weighted by Gasteiger charge is -2.16. The third-order valence-corrected chi connectivity index (χ3v) is 5.19. The highest BCUT2D eigenvalue weighted by Crippen LogP contribution is 2.35. The normalized spacial score (nSPS) is 22.0. The van der Waals surface area contributed by atoms with Gasteiger partial charge >= 0.3 is 5.97 Å². The van der Waals surface area contributed by atoms with Gasteiger partial charge in [-0.05, 0) is 44.0 Å². The number of methoxy groups -OCH3 is 1. The van der Waals surface area contributed by atoms with Crippen LogP contribution in [0.2, 0.25) is 0 Å². The van der Waals surface area contributed by atoms with Crippen LogP contribution in [-0.2, 0) is 19.1 Å². The molecule has 1 aromatic carbocycles. The number of ketones is 1. The van der Waals surface area contributed by atoms with Gasteiger partial charge in [0, 0.05) is 12.1 Å². The van der Waals surface area contributed by atoms with E-state index in [0.717, 1.165) is 4.90 Å². The number of Topliss-reactive ketones (excluding diaryl/α,β-unsaturated/α-hetero) is 1. The molecule has 0 radical (unpaired) electrons. The van der Waals surface area contributed by atoms with Crippen LogP contribution < -0.4 is 4.74 Å². The Morgan fingerprint density at radius 3 is 2.18 bits per heavy atom. The monoisotopic (exact) mass is 385 g/mol. The van der Waals surface area contributed by atoms with Crippen molar-refractivity contribution in [3.05, 3.63) is 42.0 Å². The third-order valence-electron chi connectivity index (χ3n) is 5.19. The van der Waals surface area contributed by atoms with Crippen molar-refractivity contribution >= 4 is 23.6 Å². The summed E-state index contributed by atoms with van der Waals surface area (Å²) in [6.07, 6.45) is 3.85. The van der Waals surface area contributed by atoms with Gasteiger partial charge in [0.15, 0.2) is 6.10 Å². The Labute approximate surface area is 163 Å². The van der Waals surface area contributed by atoms with Gasteiger partial charge in [-0.3, -0.25) is 24.1 Å². The standard InChI is InChI=1S/C21H23NO6/c1-13(19(24)14-7-9-15(27-2)10-8-14)28-18(23)11-12-22-20(25)16-5-3-4-6-17(16)21(22)26/h3-4,7-10,13,16-17H,5-6,11-12H2,1-2H3/t13-,16-,17-/m0/s1. The minimum atomic E-state index is -0.961. The number of ether oxygens (including phenoxy) is 2. The van der Waals surface area contributed by atoms with E-state index >= 15 is 0 Å². The van der Waals surface area contributed by atoms with E-state index < -0.39 is 12.1 Å². The lowest BCUT2D eigenvalue weighted by molar-refractivity contribution is -0.147. The molecule has 1 aliphatic heterocycles. The van der Waals surface area contributed by atoms with Gasteiger partial charge in [0.05, 0.1) is 25.4 Å². The van der Waals surface area contributed by atoms with Crippen molar-refractivity contribution in [2.75, 3.05) is 13.7 Å². The highest BCUT2D eigenvalue weighted by Gasteiger charge is 2.47. The molecule has 2 amide bonds. The highest BCUT2D eigenvalue weighted by molar-refractivity contribution is 6.05. The molecule has 7 nitrogen and oxygen atoms in total. The maximum Gasteiger partial charge on any atom is 0.308 e. The molecule has 0 spiro atoms. The van der Waals surface area contributed by atoms with Gasteiger partial charge < -0.3 is 9.47 Å². The number of rotatable bonds is 7. The number of carbonyl (C=O) groups excluding carboxylic acids is 4. The summed E-state index contributed by atoms with van der Waals surface area (Å²) in [5, 5.41) is 0. The Morgan fingerprint density at radius 1 is 1.07 bits per heavy atom. The molecule has 1 heterocycles. The molecular weight excluding hydrogens is 362 g/mol. The van der Waals surface area contributed by atoms with E-state index in [4.69, 9.17) is 9.47 Å². The number of nitrogens with zero attached hydrogens (tertiary/aromatic N) is 1. The Kier molecular flexibility index (Phi) is 5.92. The van der Waals surface area contributed by atoms with Crippen LogP contribution in [0.25, 0.3) is 0 Å². The number of esters is 1. The molecule has 0 unspecified atom stereocenters. The van der Waals surface area contributed by atoms with Crippen LogP contribution in [0.15, 0.2) is 36.4 Å². The molecule has 148 valence electrons. The third kappa shape index (κ3) is 3.98. The summed E-state index contributed by atoms with van der Waals surface area (Å²) in [4.78, 5) is 50.4. The largest absolute Gasteiger partial charge is 0.497 e.